The zero-order valence-electron chi connectivity index (χ0n) is 10.9. The van der Waals surface area contributed by atoms with Gasteiger partial charge >= 0.3 is 0 Å². The number of aryl methyl sites for hydroxylation is 1. The van der Waals surface area contributed by atoms with E-state index in [2.05, 4.69) is 17.1 Å². The number of hydrogen-bond acceptors (Lipinski definition) is 3. The van der Waals surface area contributed by atoms with Crippen molar-refractivity contribution in [3.05, 3.63) is 29.3 Å². The van der Waals surface area contributed by atoms with Crippen LogP contribution in [0.4, 0.5) is 0 Å². The van der Waals surface area contributed by atoms with E-state index in [9.17, 15) is 0 Å². The lowest BCUT2D eigenvalue weighted by atomic mass is 10.1. The molecule has 0 aromatic heterocycles. The molecule has 0 bridgehead atoms. The van der Waals surface area contributed by atoms with Gasteiger partial charge in [-0.1, -0.05) is 25.5 Å². The Kier molecular flexibility index (Phi) is 5.70. The molecular formula is C13H20N4O. The van der Waals surface area contributed by atoms with Crippen molar-refractivity contribution in [3.8, 4) is 5.75 Å². The van der Waals surface area contributed by atoms with Gasteiger partial charge in [0.15, 0.2) is 0 Å². The monoisotopic (exact) mass is 248 g/mol. The van der Waals surface area contributed by atoms with E-state index < -0.39 is 0 Å². The summed E-state index contributed by atoms with van der Waals surface area (Å²) in [6, 6.07) is 5.85. The first-order chi connectivity index (χ1) is 8.63. The lowest BCUT2D eigenvalue weighted by Gasteiger charge is -2.09. The van der Waals surface area contributed by atoms with Crippen LogP contribution in [0, 0.1) is 6.92 Å². The minimum atomic E-state index is -0.0576. The fraction of sp³-hybridized carbons (Fsp3) is 0.385. The summed E-state index contributed by atoms with van der Waals surface area (Å²) in [7, 11) is 0. The second kappa shape index (κ2) is 7.32. The highest BCUT2D eigenvalue weighted by Crippen LogP contribution is 2.19. The van der Waals surface area contributed by atoms with Crippen LogP contribution in [0.25, 0.3) is 0 Å². The largest absolute Gasteiger partial charge is 0.493 e. The highest BCUT2D eigenvalue weighted by atomic mass is 16.5. The Balaban J connectivity index is 2.74. The van der Waals surface area contributed by atoms with E-state index in [1.165, 1.54) is 0 Å². The first-order valence-corrected chi connectivity index (χ1v) is 5.99. The Morgan fingerprint density at radius 2 is 2.17 bits per heavy atom. The lowest BCUT2D eigenvalue weighted by Crippen LogP contribution is -2.21. The van der Waals surface area contributed by atoms with Crippen LogP contribution in [-0.2, 0) is 0 Å². The number of nitrogens with two attached hydrogens (primary N) is 2. The predicted octanol–water partition coefficient (Wildman–Crippen LogP) is 1.78. The number of nitrogens with zero attached hydrogens (tertiary/aromatic N) is 2. The van der Waals surface area contributed by atoms with Gasteiger partial charge in [0.05, 0.1) is 12.8 Å². The second-order valence-corrected chi connectivity index (χ2v) is 4.00. The van der Waals surface area contributed by atoms with Crippen LogP contribution in [0.3, 0.4) is 0 Å². The molecule has 0 aliphatic heterocycles. The third-order valence-electron chi connectivity index (χ3n) is 2.35. The molecule has 0 fully saturated rings. The van der Waals surface area contributed by atoms with Crippen LogP contribution < -0.4 is 16.2 Å². The molecule has 0 spiro atoms. The van der Waals surface area contributed by atoms with Crippen molar-refractivity contribution in [1.82, 2.24) is 0 Å². The minimum Gasteiger partial charge on any atom is -0.493 e. The summed E-state index contributed by atoms with van der Waals surface area (Å²) in [5, 5.41) is 7.31. The van der Waals surface area contributed by atoms with E-state index in [1.54, 1.807) is 6.21 Å². The van der Waals surface area contributed by atoms with Crippen molar-refractivity contribution >= 4 is 12.2 Å². The third-order valence-corrected chi connectivity index (χ3v) is 2.35. The summed E-state index contributed by atoms with van der Waals surface area (Å²) in [5.41, 5.74) is 12.4. The summed E-state index contributed by atoms with van der Waals surface area (Å²) in [4.78, 5) is 0. The molecule has 98 valence electrons. The van der Waals surface area contributed by atoms with Crippen molar-refractivity contribution in [2.24, 2.45) is 21.7 Å². The molecule has 18 heavy (non-hydrogen) atoms. The van der Waals surface area contributed by atoms with Crippen molar-refractivity contribution in [2.75, 3.05) is 6.61 Å². The summed E-state index contributed by atoms with van der Waals surface area (Å²) < 4.78 is 5.70. The molecule has 0 atom stereocenters. The number of unbranched alkanes of at least 4 members (excludes halogenated alkanes) is 1. The molecule has 0 radical (unpaired) electrons. The Morgan fingerprint density at radius 3 is 2.83 bits per heavy atom. The number of benzene rings is 1. The molecule has 1 aromatic carbocycles. The zero-order valence-corrected chi connectivity index (χ0v) is 10.9. The van der Waals surface area contributed by atoms with Gasteiger partial charge in [0.2, 0.25) is 5.96 Å². The van der Waals surface area contributed by atoms with Crippen LogP contribution in [0.2, 0.25) is 0 Å². The summed E-state index contributed by atoms with van der Waals surface area (Å²) >= 11 is 0. The van der Waals surface area contributed by atoms with Crippen molar-refractivity contribution in [1.29, 1.82) is 0 Å². The first-order valence-electron chi connectivity index (χ1n) is 5.99. The second-order valence-electron chi connectivity index (χ2n) is 4.00. The Labute approximate surface area is 108 Å². The zero-order chi connectivity index (χ0) is 13.4. The molecule has 1 aromatic rings. The summed E-state index contributed by atoms with van der Waals surface area (Å²) in [5.74, 6) is 0.815. The average Bonchev–Trinajstić information content (AvgIpc) is 2.33. The third kappa shape index (κ3) is 4.86. The number of rotatable bonds is 6. The van der Waals surface area contributed by atoms with Gasteiger partial charge in [0, 0.05) is 0 Å². The van der Waals surface area contributed by atoms with Crippen LogP contribution in [-0.4, -0.2) is 18.8 Å². The molecule has 4 N–H and O–H groups in total. The normalized spacial score (nSPS) is 10.6. The molecule has 0 saturated heterocycles. The van der Waals surface area contributed by atoms with Gasteiger partial charge in [-0.25, -0.2) is 0 Å². The van der Waals surface area contributed by atoms with E-state index >= 15 is 0 Å². The van der Waals surface area contributed by atoms with Crippen LogP contribution >= 0.6 is 0 Å². The van der Waals surface area contributed by atoms with E-state index in [-0.39, 0.29) is 5.96 Å². The van der Waals surface area contributed by atoms with Gasteiger partial charge < -0.3 is 16.2 Å². The molecule has 0 aliphatic carbocycles. The van der Waals surface area contributed by atoms with E-state index in [1.807, 2.05) is 25.1 Å². The maximum Gasteiger partial charge on any atom is 0.211 e. The highest BCUT2D eigenvalue weighted by molar-refractivity contribution is 5.82. The maximum atomic E-state index is 5.70. The average molecular weight is 248 g/mol. The smallest absolute Gasteiger partial charge is 0.211 e. The molecular weight excluding hydrogens is 228 g/mol. The van der Waals surface area contributed by atoms with Crippen molar-refractivity contribution in [2.45, 2.75) is 26.7 Å². The molecule has 5 heteroatoms. The molecule has 1 rings (SSSR count). The molecule has 0 aliphatic rings. The SMILES string of the molecule is CCCCOc1cc(C=NN=C(N)N)ccc1C. The van der Waals surface area contributed by atoms with Gasteiger partial charge in [-0.2, -0.15) is 5.10 Å². The van der Waals surface area contributed by atoms with Gasteiger partial charge in [-0.3, -0.25) is 0 Å². The number of guanidine groups is 1. The number of ether oxygens (including phenoxy) is 1. The van der Waals surface area contributed by atoms with Crippen LogP contribution in [0.15, 0.2) is 28.4 Å². The molecule has 0 amide bonds. The standard InChI is InChI=1S/C13H20N4O/c1-3-4-7-18-12-8-11(6-5-10(12)2)9-16-17-13(14)15/h5-6,8-9H,3-4,7H2,1-2H3,(H4,14,15,17). The van der Waals surface area contributed by atoms with E-state index in [0.717, 1.165) is 36.3 Å². The molecule has 0 saturated carbocycles. The van der Waals surface area contributed by atoms with Crippen molar-refractivity contribution in [3.63, 3.8) is 0 Å². The fourth-order valence-electron chi connectivity index (χ4n) is 1.34. The quantitative estimate of drug-likeness (QED) is 0.348. The van der Waals surface area contributed by atoms with Gasteiger partial charge in [0.1, 0.15) is 5.75 Å². The van der Waals surface area contributed by atoms with Gasteiger partial charge in [-0.15, -0.1) is 5.10 Å². The summed E-state index contributed by atoms with van der Waals surface area (Å²) in [6.45, 7) is 4.87. The van der Waals surface area contributed by atoms with Crippen LogP contribution in [0.5, 0.6) is 5.75 Å². The Hall–Kier alpha value is -2.04. The predicted molar refractivity (Wildman–Crippen MR) is 75.0 cm³/mol. The maximum absolute atomic E-state index is 5.70. The Bertz CT molecular complexity index is 437. The van der Waals surface area contributed by atoms with E-state index in [4.69, 9.17) is 16.2 Å². The van der Waals surface area contributed by atoms with Gasteiger partial charge in [-0.05, 0) is 30.5 Å². The topological polar surface area (TPSA) is 86.0 Å². The summed E-state index contributed by atoms with van der Waals surface area (Å²) in [6.07, 6.45) is 3.75. The fourth-order valence-corrected chi connectivity index (χ4v) is 1.34. The first kappa shape index (κ1) is 14.0. The van der Waals surface area contributed by atoms with Gasteiger partial charge in [0.25, 0.3) is 0 Å². The Morgan fingerprint density at radius 1 is 1.39 bits per heavy atom. The lowest BCUT2D eigenvalue weighted by molar-refractivity contribution is 0.307. The minimum absolute atomic E-state index is 0.0576. The highest BCUT2D eigenvalue weighted by Gasteiger charge is 2.00. The van der Waals surface area contributed by atoms with E-state index in [0.29, 0.717) is 0 Å². The molecule has 0 heterocycles. The number of hydrogen-bond donors (Lipinski definition) is 2. The molecule has 0 unspecified atom stereocenters. The molecule has 5 nitrogen and oxygen atoms in total. The van der Waals surface area contributed by atoms with Crippen LogP contribution in [0.1, 0.15) is 30.9 Å². The van der Waals surface area contributed by atoms with Crippen molar-refractivity contribution < 1.29 is 4.74 Å².